The zero-order chi connectivity index (χ0) is 12.3. The summed E-state index contributed by atoms with van der Waals surface area (Å²) in [6.07, 6.45) is 1.83. The van der Waals surface area contributed by atoms with Gasteiger partial charge in [-0.15, -0.1) is 33.2 Å². The monoisotopic (exact) mass is 310 g/mol. The molecule has 0 N–H and O–H groups in total. The van der Waals surface area contributed by atoms with Crippen molar-refractivity contribution in [2.45, 2.75) is 25.5 Å². The molecule has 0 radical (unpaired) electrons. The van der Waals surface area contributed by atoms with Crippen molar-refractivity contribution in [3.63, 3.8) is 0 Å². The van der Waals surface area contributed by atoms with Gasteiger partial charge in [-0.25, -0.2) is 0 Å². The maximum Gasteiger partial charge on any atom is 0.341 e. The number of hydrogen-bond donors (Lipinski definition) is 0. The highest BCUT2D eigenvalue weighted by Gasteiger charge is 2.23. The zero-order valence-corrected chi connectivity index (χ0v) is 12.5. The molecule has 0 unspecified atom stereocenters. The summed E-state index contributed by atoms with van der Waals surface area (Å²) in [7, 11) is 0. The van der Waals surface area contributed by atoms with Crippen molar-refractivity contribution < 1.29 is 9.47 Å². The van der Waals surface area contributed by atoms with E-state index in [1.54, 1.807) is 0 Å². The van der Waals surface area contributed by atoms with E-state index in [0.717, 1.165) is 24.2 Å². The highest BCUT2D eigenvalue weighted by Crippen LogP contribution is 2.29. The van der Waals surface area contributed by atoms with Gasteiger partial charge < -0.3 is 9.47 Å². The second kappa shape index (κ2) is 5.80. The fourth-order valence-corrected chi connectivity index (χ4v) is 3.57. The van der Waals surface area contributed by atoms with E-state index in [4.69, 9.17) is 42.7 Å². The standard InChI is InChI=1S/C11H13Cl3O2Si/c12-17(13,14)5-1-2-9-3-4-11-10(6-9)7-15-8-16-11/h3-4,6H,1-2,5,7-8H2. The Morgan fingerprint density at radius 2 is 2.06 bits per heavy atom. The third kappa shape index (κ3) is 4.34. The summed E-state index contributed by atoms with van der Waals surface area (Å²) in [6, 6.07) is 4.38. The van der Waals surface area contributed by atoms with Crippen LogP contribution in [0.3, 0.4) is 0 Å². The van der Waals surface area contributed by atoms with Crippen molar-refractivity contribution in [3.05, 3.63) is 29.3 Å². The van der Waals surface area contributed by atoms with Crippen molar-refractivity contribution in [3.8, 4) is 5.75 Å². The first-order valence-electron chi connectivity index (χ1n) is 5.44. The Kier molecular flexibility index (Phi) is 4.61. The van der Waals surface area contributed by atoms with Crippen molar-refractivity contribution in [1.82, 2.24) is 0 Å². The van der Waals surface area contributed by atoms with Crippen LogP contribution in [0.15, 0.2) is 18.2 Å². The molecular weight excluding hydrogens is 299 g/mol. The van der Waals surface area contributed by atoms with Crippen LogP contribution in [0.5, 0.6) is 5.75 Å². The van der Waals surface area contributed by atoms with Crippen LogP contribution >= 0.6 is 33.2 Å². The Morgan fingerprint density at radius 3 is 2.82 bits per heavy atom. The first-order chi connectivity index (χ1) is 8.04. The van der Waals surface area contributed by atoms with Crippen LogP contribution in [0.25, 0.3) is 0 Å². The summed E-state index contributed by atoms with van der Waals surface area (Å²) in [6.45, 7) is 0.952. The number of hydrogen-bond acceptors (Lipinski definition) is 2. The van der Waals surface area contributed by atoms with Crippen molar-refractivity contribution in [2.75, 3.05) is 6.79 Å². The molecule has 1 aliphatic heterocycles. The molecular formula is C11H13Cl3O2Si. The number of rotatable bonds is 4. The first kappa shape index (κ1) is 13.5. The van der Waals surface area contributed by atoms with Gasteiger partial charge in [0, 0.05) is 5.56 Å². The molecule has 0 spiro atoms. The molecule has 0 bridgehead atoms. The molecule has 2 nitrogen and oxygen atoms in total. The number of ether oxygens (including phenoxy) is 2. The summed E-state index contributed by atoms with van der Waals surface area (Å²) in [4.78, 5) is 0. The van der Waals surface area contributed by atoms with Crippen LogP contribution in [0.1, 0.15) is 17.5 Å². The Hall–Kier alpha value is 0.0669. The predicted octanol–water partition coefficient (Wildman–Crippen LogP) is 4.14. The minimum absolute atomic E-state index is 0.339. The van der Waals surface area contributed by atoms with E-state index in [1.165, 1.54) is 5.56 Å². The highest BCUT2D eigenvalue weighted by molar-refractivity contribution is 7.64. The van der Waals surface area contributed by atoms with Gasteiger partial charge in [0.25, 0.3) is 0 Å². The number of benzene rings is 1. The van der Waals surface area contributed by atoms with E-state index in [-0.39, 0.29) is 0 Å². The lowest BCUT2D eigenvalue weighted by Gasteiger charge is -2.18. The van der Waals surface area contributed by atoms with Crippen LogP contribution in [0.2, 0.25) is 6.04 Å². The van der Waals surface area contributed by atoms with Crippen LogP contribution in [0, 0.1) is 0 Å². The molecule has 1 heterocycles. The lowest BCUT2D eigenvalue weighted by molar-refractivity contribution is -0.0164. The van der Waals surface area contributed by atoms with Gasteiger partial charge in [0.1, 0.15) is 5.75 Å². The van der Waals surface area contributed by atoms with E-state index >= 15 is 0 Å². The lowest BCUT2D eigenvalue weighted by Crippen LogP contribution is -2.11. The molecule has 0 amide bonds. The SMILES string of the molecule is Cl[Si](Cl)(Cl)CCCc1ccc2c(c1)COCO2. The van der Waals surface area contributed by atoms with E-state index in [9.17, 15) is 0 Å². The lowest BCUT2D eigenvalue weighted by atomic mass is 10.1. The molecule has 0 aliphatic carbocycles. The predicted molar refractivity (Wildman–Crippen MR) is 73.2 cm³/mol. The van der Waals surface area contributed by atoms with Crippen LogP contribution in [-0.2, 0) is 17.8 Å². The van der Waals surface area contributed by atoms with Gasteiger partial charge >= 0.3 is 6.00 Å². The fraction of sp³-hybridized carbons (Fsp3) is 0.455. The van der Waals surface area contributed by atoms with Gasteiger partial charge in [-0.2, -0.15) is 0 Å². The summed E-state index contributed by atoms with van der Waals surface area (Å²) in [5, 5.41) is 0. The van der Waals surface area contributed by atoms with Gasteiger partial charge in [-0.3, -0.25) is 0 Å². The second-order valence-corrected chi connectivity index (χ2v) is 13.3. The molecule has 1 aromatic rings. The molecule has 94 valence electrons. The maximum absolute atomic E-state index is 5.84. The molecule has 0 saturated carbocycles. The Labute approximate surface area is 116 Å². The van der Waals surface area contributed by atoms with E-state index < -0.39 is 6.00 Å². The average Bonchev–Trinajstić information content (AvgIpc) is 2.27. The normalized spacial score (nSPS) is 15.2. The number of halogens is 3. The minimum Gasteiger partial charge on any atom is -0.467 e. The summed E-state index contributed by atoms with van der Waals surface area (Å²) in [5.74, 6) is 0.913. The largest absolute Gasteiger partial charge is 0.467 e. The van der Waals surface area contributed by atoms with Crippen molar-refractivity contribution in [2.24, 2.45) is 0 Å². The van der Waals surface area contributed by atoms with Crippen LogP contribution in [-0.4, -0.2) is 12.8 Å². The minimum atomic E-state index is -2.47. The van der Waals surface area contributed by atoms with Gasteiger partial charge in [0.15, 0.2) is 6.79 Å². The molecule has 17 heavy (non-hydrogen) atoms. The van der Waals surface area contributed by atoms with Gasteiger partial charge in [0.05, 0.1) is 6.61 Å². The smallest absolute Gasteiger partial charge is 0.341 e. The van der Waals surface area contributed by atoms with Crippen LogP contribution in [0.4, 0.5) is 0 Å². The Balaban J connectivity index is 1.93. The zero-order valence-electron chi connectivity index (χ0n) is 9.22. The molecule has 2 rings (SSSR count). The topological polar surface area (TPSA) is 18.5 Å². The number of fused-ring (bicyclic) bond motifs is 1. The molecule has 6 heteroatoms. The van der Waals surface area contributed by atoms with E-state index in [1.807, 2.05) is 6.07 Å². The average molecular weight is 312 g/mol. The Bertz CT molecular complexity index is 393. The summed E-state index contributed by atoms with van der Waals surface area (Å²) >= 11 is 17.5. The Morgan fingerprint density at radius 1 is 1.24 bits per heavy atom. The van der Waals surface area contributed by atoms with Gasteiger partial charge in [0.2, 0.25) is 0 Å². The molecule has 0 aromatic heterocycles. The van der Waals surface area contributed by atoms with Crippen LogP contribution < -0.4 is 4.74 Å². The highest BCUT2D eigenvalue weighted by atomic mass is 35.8. The van der Waals surface area contributed by atoms with Crippen molar-refractivity contribution >= 4 is 39.2 Å². The molecule has 0 fully saturated rings. The molecule has 0 atom stereocenters. The van der Waals surface area contributed by atoms with E-state index in [2.05, 4.69) is 12.1 Å². The summed E-state index contributed by atoms with van der Waals surface area (Å²) < 4.78 is 10.6. The van der Waals surface area contributed by atoms with E-state index in [0.29, 0.717) is 19.4 Å². The van der Waals surface area contributed by atoms with Gasteiger partial charge in [-0.05, 0) is 36.6 Å². The third-order valence-electron chi connectivity index (χ3n) is 2.61. The first-order valence-corrected chi connectivity index (χ1v) is 10.7. The second-order valence-electron chi connectivity index (χ2n) is 4.02. The quantitative estimate of drug-likeness (QED) is 0.614. The number of aryl methyl sites for hydroxylation is 1. The third-order valence-corrected chi connectivity index (χ3v) is 5.23. The molecule has 1 aliphatic rings. The maximum atomic E-state index is 5.84. The summed E-state index contributed by atoms with van der Waals surface area (Å²) in [5.41, 5.74) is 2.33. The molecule has 0 saturated heterocycles. The molecule has 1 aromatic carbocycles. The fourth-order valence-electron chi connectivity index (χ4n) is 1.79. The van der Waals surface area contributed by atoms with Gasteiger partial charge in [-0.1, -0.05) is 6.07 Å². The van der Waals surface area contributed by atoms with Crippen molar-refractivity contribution in [1.29, 1.82) is 0 Å².